The molecule has 2 aliphatic heterocycles. The highest BCUT2D eigenvalue weighted by Crippen LogP contribution is 2.44. The zero-order chi connectivity index (χ0) is 21.4. The summed E-state index contributed by atoms with van der Waals surface area (Å²) in [6.07, 6.45) is -0.549. The van der Waals surface area contributed by atoms with Gasteiger partial charge < -0.3 is 14.2 Å². The molecular weight excluding hydrogens is 368 g/mol. The van der Waals surface area contributed by atoms with Crippen LogP contribution in [0.1, 0.15) is 53.5 Å². The van der Waals surface area contributed by atoms with Crippen molar-refractivity contribution < 1.29 is 23.8 Å². The van der Waals surface area contributed by atoms with Crippen molar-refractivity contribution in [2.75, 3.05) is 0 Å². The third-order valence-corrected chi connectivity index (χ3v) is 4.45. The maximum absolute atomic E-state index is 12.9. The van der Waals surface area contributed by atoms with Crippen LogP contribution in [0, 0.1) is 17.8 Å². The van der Waals surface area contributed by atoms with E-state index in [4.69, 9.17) is 14.2 Å². The number of esters is 2. The van der Waals surface area contributed by atoms with Crippen LogP contribution in [0.5, 0.6) is 0 Å². The Bertz CT molecular complexity index is 887. The van der Waals surface area contributed by atoms with Gasteiger partial charge in [0, 0.05) is 5.56 Å². The fraction of sp³-hybridized carbons (Fsp3) is 0.500. The lowest BCUT2D eigenvalue weighted by Gasteiger charge is -2.26. The molecule has 5 heteroatoms. The number of carbonyl (C=O) groups is 2. The maximum atomic E-state index is 12.9. The van der Waals surface area contributed by atoms with E-state index in [2.05, 4.69) is 11.8 Å². The fourth-order valence-corrected chi connectivity index (χ4v) is 3.43. The van der Waals surface area contributed by atoms with Gasteiger partial charge in [-0.2, -0.15) is 0 Å². The number of hydrogen-bond donors (Lipinski definition) is 0. The number of carbonyl (C=O) groups excluding carboxylic acids is 2. The number of rotatable bonds is 2. The summed E-state index contributed by atoms with van der Waals surface area (Å²) in [5, 5.41) is 0. The summed E-state index contributed by atoms with van der Waals surface area (Å²) >= 11 is 0. The van der Waals surface area contributed by atoms with Gasteiger partial charge in [-0.1, -0.05) is 30.0 Å². The van der Waals surface area contributed by atoms with Crippen LogP contribution in [0.2, 0.25) is 0 Å². The predicted octanol–water partition coefficient (Wildman–Crippen LogP) is 3.81. The van der Waals surface area contributed by atoms with Crippen LogP contribution in [0.3, 0.4) is 0 Å². The van der Waals surface area contributed by atoms with Gasteiger partial charge in [0.05, 0.1) is 23.2 Å². The first-order chi connectivity index (χ1) is 13.4. The van der Waals surface area contributed by atoms with Gasteiger partial charge in [-0.3, -0.25) is 0 Å². The molecule has 0 amide bonds. The molecular formula is C24H28O5. The summed E-state index contributed by atoms with van der Waals surface area (Å²) in [7, 11) is 0. The highest BCUT2D eigenvalue weighted by molar-refractivity contribution is 6.03. The number of fused-ring (bicyclic) bond motifs is 2. The van der Waals surface area contributed by atoms with E-state index in [-0.39, 0.29) is 17.1 Å². The van der Waals surface area contributed by atoms with Crippen molar-refractivity contribution in [3.8, 4) is 11.8 Å². The third-order valence-electron chi connectivity index (χ3n) is 4.45. The van der Waals surface area contributed by atoms with E-state index in [0.717, 1.165) is 5.56 Å². The molecule has 1 aromatic carbocycles. The van der Waals surface area contributed by atoms with Gasteiger partial charge in [0.1, 0.15) is 17.3 Å². The van der Waals surface area contributed by atoms with Crippen molar-refractivity contribution in [3.63, 3.8) is 0 Å². The third kappa shape index (κ3) is 5.07. The van der Waals surface area contributed by atoms with E-state index in [1.165, 1.54) is 0 Å². The molecule has 3 unspecified atom stereocenters. The second-order valence-corrected chi connectivity index (χ2v) is 9.35. The zero-order valence-corrected chi connectivity index (χ0v) is 17.9. The summed E-state index contributed by atoms with van der Waals surface area (Å²) in [6, 6.07) is 9.64. The molecule has 3 rings (SSSR count). The second-order valence-electron chi connectivity index (χ2n) is 9.35. The normalized spacial score (nSPS) is 23.4. The van der Waals surface area contributed by atoms with Crippen molar-refractivity contribution in [1.29, 1.82) is 0 Å². The van der Waals surface area contributed by atoms with Crippen molar-refractivity contribution in [2.45, 2.75) is 71.4 Å². The maximum Gasteiger partial charge on any atom is 0.337 e. The molecule has 1 fully saturated rings. The van der Waals surface area contributed by atoms with Crippen molar-refractivity contribution >= 4 is 11.9 Å². The molecule has 0 spiro atoms. The van der Waals surface area contributed by atoms with Crippen LogP contribution in [-0.4, -0.2) is 35.3 Å². The van der Waals surface area contributed by atoms with E-state index >= 15 is 0 Å². The van der Waals surface area contributed by atoms with Gasteiger partial charge in [-0.05, 0) is 60.1 Å². The summed E-state index contributed by atoms with van der Waals surface area (Å²) in [6.45, 7) is 10.8. The standard InChI is InChI=1S/C24H28O5/c1-23(2,3)28-21(25)18-17-14-16(13-12-15-10-8-7-9-11-15)20(27-17)19(18)22(26)29-24(4,5)6/h7-11,16-17,20H,14H2,1-6H3. The molecule has 1 saturated heterocycles. The zero-order valence-electron chi connectivity index (χ0n) is 17.9. The molecule has 0 N–H and O–H groups in total. The summed E-state index contributed by atoms with van der Waals surface area (Å²) in [5.74, 6) is 5.10. The number of hydrogen-bond acceptors (Lipinski definition) is 5. The summed E-state index contributed by atoms with van der Waals surface area (Å²) in [5.41, 5.74) is 0.0633. The lowest BCUT2D eigenvalue weighted by Crippen LogP contribution is -2.34. The molecule has 154 valence electrons. The molecule has 5 nitrogen and oxygen atoms in total. The fourth-order valence-electron chi connectivity index (χ4n) is 3.43. The quantitative estimate of drug-likeness (QED) is 0.562. The van der Waals surface area contributed by atoms with Gasteiger partial charge in [-0.15, -0.1) is 0 Å². The lowest BCUT2D eigenvalue weighted by atomic mass is 9.83. The van der Waals surface area contributed by atoms with Crippen molar-refractivity contribution in [2.24, 2.45) is 5.92 Å². The van der Waals surface area contributed by atoms with Crippen molar-refractivity contribution in [3.05, 3.63) is 47.0 Å². The van der Waals surface area contributed by atoms with Gasteiger partial charge >= 0.3 is 11.9 Å². The Morgan fingerprint density at radius 3 is 2.03 bits per heavy atom. The highest BCUT2D eigenvalue weighted by atomic mass is 16.6. The monoisotopic (exact) mass is 396 g/mol. The molecule has 1 aromatic rings. The first-order valence-electron chi connectivity index (χ1n) is 9.87. The average molecular weight is 396 g/mol. The minimum atomic E-state index is -0.684. The van der Waals surface area contributed by atoms with Crippen LogP contribution in [0.15, 0.2) is 41.5 Å². The molecule has 2 heterocycles. The Labute approximate surface area is 172 Å². The molecule has 0 saturated carbocycles. The minimum absolute atomic E-state index is 0.186. The van der Waals surface area contributed by atoms with Crippen LogP contribution in [0.25, 0.3) is 0 Å². The van der Waals surface area contributed by atoms with E-state index < -0.39 is 35.3 Å². The van der Waals surface area contributed by atoms with Gasteiger partial charge in [0.2, 0.25) is 0 Å². The van der Waals surface area contributed by atoms with Gasteiger partial charge in [-0.25, -0.2) is 9.59 Å². The Kier molecular flexibility index (Phi) is 5.60. The molecule has 0 aromatic heterocycles. The lowest BCUT2D eigenvalue weighted by molar-refractivity contribution is -0.153. The smallest absolute Gasteiger partial charge is 0.337 e. The first kappa shape index (κ1) is 21.1. The minimum Gasteiger partial charge on any atom is -0.457 e. The molecule has 29 heavy (non-hydrogen) atoms. The number of ether oxygens (including phenoxy) is 3. The molecule has 2 aliphatic rings. The largest absolute Gasteiger partial charge is 0.457 e. The number of benzene rings is 1. The van der Waals surface area contributed by atoms with Crippen LogP contribution in [0.4, 0.5) is 0 Å². The van der Waals surface area contributed by atoms with Gasteiger partial charge in [0.25, 0.3) is 0 Å². The molecule has 3 atom stereocenters. The SMILES string of the molecule is CC(C)(C)OC(=O)C1=C(C(=O)OC(C)(C)C)C2OC1CC2C#Cc1ccccc1. The molecule has 2 bridgehead atoms. The first-order valence-corrected chi connectivity index (χ1v) is 9.87. The Morgan fingerprint density at radius 2 is 1.48 bits per heavy atom. The van der Waals surface area contributed by atoms with E-state index in [1.54, 1.807) is 41.5 Å². The Balaban J connectivity index is 1.93. The van der Waals surface area contributed by atoms with Crippen LogP contribution >= 0.6 is 0 Å². The van der Waals surface area contributed by atoms with E-state index in [0.29, 0.717) is 6.42 Å². The topological polar surface area (TPSA) is 61.8 Å². The van der Waals surface area contributed by atoms with Gasteiger partial charge in [0.15, 0.2) is 0 Å². The van der Waals surface area contributed by atoms with E-state index in [1.807, 2.05) is 30.3 Å². The van der Waals surface area contributed by atoms with Crippen molar-refractivity contribution in [1.82, 2.24) is 0 Å². The predicted molar refractivity (Wildman–Crippen MR) is 109 cm³/mol. The van der Waals surface area contributed by atoms with Crippen LogP contribution < -0.4 is 0 Å². The Hall–Kier alpha value is -2.58. The summed E-state index contributed by atoms with van der Waals surface area (Å²) < 4.78 is 17.1. The average Bonchev–Trinajstić information content (AvgIpc) is 3.16. The highest BCUT2D eigenvalue weighted by Gasteiger charge is 2.53. The molecule has 0 radical (unpaired) electrons. The molecule has 0 aliphatic carbocycles. The second kappa shape index (κ2) is 7.68. The summed E-state index contributed by atoms with van der Waals surface area (Å²) in [4.78, 5) is 25.7. The Morgan fingerprint density at radius 1 is 0.931 bits per heavy atom. The van der Waals surface area contributed by atoms with E-state index in [9.17, 15) is 9.59 Å². The van der Waals surface area contributed by atoms with Crippen LogP contribution in [-0.2, 0) is 23.8 Å².